The van der Waals surface area contributed by atoms with Gasteiger partial charge in [-0.2, -0.15) is 9.97 Å². The number of ether oxygens (including phenoxy) is 6. The van der Waals surface area contributed by atoms with Crippen LogP contribution in [-0.2, 0) is 29.4 Å². The van der Waals surface area contributed by atoms with Crippen molar-refractivity contribution < 1.29 is 47.9 Å². The minimum atomic E-state index is -1.44. The summed E-state index contributed by atoms with van der Waals surface area (Å²) in [6, 6.07) is 42.5. The van der Waals surface area contributed by atoms with Crippen molar-refractivity contribution in [2.24, 2.45) is 5.92 Å². The van der Waals surface area contributed by atoms with Crippen LogP contribution in [0.4, 0.5) is 22.1 Å². The molecule has 0 radical (unpaired) electrons. The summed E-state index contributed by atoms with van der Waals surface area (Å²) in [5.41, 5.74) is 2.08. The van der Waals surface area contributed by atoms with Crippen molar-refractivity contribution in [3.8, 4) is 17.4 Å². The molecule has 0 spiro atoms. The topological polar surface area (TPSA) is 186 Å². The van der Waals surface area contributed by atoms with Gasteiger partial charge in [-0.1, -0.05) is 112 Å². The molecule has 8 rings (SSSR count). The van der Waals surface area contributed by atoms with E-state index in [0.717, 1.165) is 16.7 Å². The lowest BCUT2D eigenvalue weighted by molar-refractivity contribution is -0.158. The van der Waals surface area contributed by atoms with E-state index in [1.54, 1.807) is 76.6 Å². The maximum absolute atomic E-state index is 14.3. The third kappa shape index (κ3) is 9.74. The van der Waals surface area contributed by atoms with Gasteiger partial charge in [0, 0.05) is 12.3 Å². The number of aliphatic hydroxyl groups excluding tert-OH is 1. The molecule has 0 saturated carbocycles. The lowest BCUT2D eigenvalue weighted by Gasteiger charge is -2.37. The highest BCUT2D eigenvalue weighted by atomic mass is 16.6. The molecule has 1 fully saturated rings. The van der Waals surface area contributed by atoms with E-state index in [0.29, 0.717) is 29.3 Å². The first-order chi connectivity index (χ1) is 33.0. The zero-order valence-electron chi connectivity index (χ0n) is 38.2. The summed E-state index contributed by atoms with van der Waals surface area (Å²) in [6.07, 6.45) is -4.03. The molecule has 0 unspecified atom stereocenters. The number of fused-ring (bicyclic) bond motifs is 1. The third-order valence-corrected chi connectivity index (χ3v) is 11.5. The van der Waals surface area contributed by atoms with Crippen LogP contribution < -0.4 is 24.4 Å². The molecule has 0 bridgehead atoms. The summed E-state index contributed by atoms with van der Waals surface area (Å²) in [7, 11) is 3.19. The van der Waals surface area contributed by atoms with Crippen molar-refractivity contribution in [1.82, 2.24) is 19.5 Å². The number of carbonyl (C=O) groups is 3. The zero-order valence-corrected chi connectivity index (χ0v) is 38.2. The average molecular weight is 921 g/mol. The van der Waals surface area contributed by atoms with Gasteiger partial charge >= 0.3 is 12.1 Å². The number of methoxy groups -OCH3 is 2. The summed E-state index contributed by atoms with van der Waals surface area (Å²) >= 11 is 0. The van der Waals surface area contributed by atoms with Gasteiger partial charge in [-0.25, -0.2) is 14.7 Å². The number of rotatable bonds is 17. The van der Waals surface area contributed by atoms with Crippen molar-refractivity contribution >= 4 is 46.5 Å². The number of imidazole rings is 1. The molecule has 2 N–H and O–H groups in total. The first-order valence-corrected chi connectivity index (χ1v) is 22.2. The fourth-order valence-electron chi connectivity index (χ4n) is 8.00. The zero-order chi connectivity index (χ0) is 47.8. The number of amides is 2. The second kappa shape index (κ2) is 20.9. The number of anilines is 3. The van der Waals surface area contributed by atoms with E-state index in [2.05, 4.69) is 20.3 Å². The maximum atomic E-state index is 14.3. The van der Waals surface area contributed by atoms with E-state index in [4.69, 9.17) is 28.4 Å². The first kappa shape index (κ1) is 46.9. The quantitative estimate of drug-likeness (QED) is 0.0653. The number of carbonyl (C=O) groups excluding carboxylic acids is 3. The van der Waals surface area contributed by atoms with Crippen molar-refractivity contribution in [3.05, 3.63) is 163 Å². The number of nitrogens with zero attached hydrogens (tertiary/aromatic N) is 5. The van der Waals surface area contributed by atoms with Crippen LogP contribution in [0.5, 0.6) is 17.4 Å². The van der Waals surface area contributed by atoms with Crippen LogP contribution in [0.3, 0.4) is 0 Å². The third-order valence-electron chi connectivity index (χ3n) is 11.5. The van der Waals surface area contributed by atoms with Crippen LogP contribution in [0.25, 0.3) is 11.2 Å². The first-order valence-electron chi connectivity index (χ1n) is 22.2. The second-order valence-electron chi connectivity index (χ2n) is 16.3. The van der Waals surface area contributed by atoms with E-state index < -0.39 is 54.0 Å². The molecule has 1 aliphatic heterocycles. The highest BCUT2D eigenvalue weighted by Gasteiger charge is 2.50. The van der Waals surface area contributed by atoms with Crippen LogP contribution in [-0.4, -0.2) is 81.7 Å². The molecule has 68 heavy (non-hydrogen) atoms. The lowest BCUT2D eigenvalue weighted by atomic mass is 9.80. The van der Waals surface area contributed by atoms with Gasteiger partial charge in [-0.05, 0) is 71.6 Å². The molecule has 1 saturated heterocycles. The smallest absolute Gasteiger partial charge is 0.425 e. The van der Waals surface area contributed by atoms with Gasteiger partial charge in [0.15, 0.2) is 23.5 Å². The lowest BCUT2D eigenvalue weighted by Crippen LogP contribution is -2.40. The maximum Gasteiger partial charge on any atom is 0.425 e. The van der Waals surface area contributed by atoms with Gasteiger partial charge in [-0.3, -0.25) is 19.5 Å². The Labute approximate surface area is 393 Å². The number of nitrogens with one attached hydrogen (secondary N) is 1. The average Bonchev–Trinajstić information content (AvgIpc) is 3.92. The van der Waals surface area contributed by atoms with Crippen molar-refractivity contribution in [3.63, 3.8) is 0 Å². The van der Waals surface area contributed by atoms with Crippen LogP contribution in [0.2, 0.25) is 0 Å². The number of aliphatic hydroxyl groups is 1. The predicted molar refractivity (Wildman–Crippen MR) is 253 cm³/mol. The molecular weight excluding hydrogens is 869 g/mol. The Morgan fingerprint density at radius 3 is 1.85 bits per heavy atom. The second-order valence-corrected chi connectivity index (χ2v) is 16.3. The van der Waals surface area contributed by atoms with E-state index in [9.17, 15) is 19.5 Å². The molecule has 16 heteroatoms. The Morgan fingerprint density at radius 2 is 1.32 bits per heavy atom. The van der Waals surface area contributed by atoms with Gasteiger partial charge in [0.2, 0.25) is 11.9 Å². The van der Waals surface area contributed by atoms with Crippen LogP contribution in [0.1, 0.15) is 56.5 Å². The molecule has 350 valence electrons. The molecule has 2 amide bonds. The monoisotopic (exact) mass is 920 g/mol. The molecule has 3 heterocycles. The predicted octanol–water partition coefficient (Wildman–Crippen LogP) is 8.75. The van der Waals surface area contributed by atoms with Crippen LogP contribution in [0.15, 0.2) is 146 Å². The molecule has 0 aliphatic carbocycles. The fraction of sp³-hybridized carbons (Fsp3) is 0.269. The largest absolute Gasteiger partial charge is 0.497 e. The van der Waals surface area contributed by atoms with E-state index in [1.807, 2.05) is 97.9 Å². The Morgan fingerprint density at radius 1 is 0.779 bits per heavy atom. The van der Waals surface area contributed by atoms with E-state index in [1.165, 1.54) is 15.8 Å². The summed E-state index contributed by atoms with van der Waals surface area (Å²) in [4.78, 5) is 55.8. The number of hydrogen-bond acceptors (Lipinski definition) is 13. The highest BCUT2D eigenvalue weighted by molar-refractivity contribution is 5.98. The molecule has 4 atom stereocenters. The summed E-state index contributed by atoms with van der Waals surface area (Å²) in [5, 5.41) is 14.9. The number of esters is 1. The standard InChI is InChI=1S/C52H52N6O10/c1-6-16-42(59)67-45-44(60)41(31-65-52(34-17-10-7-11-18-34,35-23-27-39(63-4)28-24-35)36-25-29-40(64-5)30-26-36)66-49(45)57-32-53-43-46(57)54-50(55-47(61)33(2)3)56-48(43)68-51(62)58(37-19-12-8-13-20-37)38-21-14-9-15-22-38/h7-15,17-30,32-33,41,44-45,49,60H,6,16,31H2,1-5H3,(H,54,55,56,61)/t41-,44-,45-,49-/m1/s1. The Bertz CT molecular complexity index is 2720. The highest BCUT2D eigenvalue weighted by Crippen LogP contribution is 2.44. The fourth-order valence-corrected chi connectivity index (χ4v) is 8.00. The molecule has 1 aliphatic rings. The minimum absolute atomic E-state index is 0.0144. The Kier molecular flexibility index (Phi) is 14.4. The van der Waals surface area contributed by atoms with Crippen molar-refractivity contribution in [1.29, 1.82) is 0 Å². The number of benzene rings is 5. The summed E-state index contributed by atoms with van der Waals surface area (Å²) in [6.45, 7) is 5.03. The van der Waals surface area contributed by atoms with E-state index >= 15 is 0 Å². The SMILES string of the molecule is CCCC(=O)O[C@@H]1[C@H](O)[C@@H](COC(c2ccccc2)(c2ccc(OC)cc2)c2ccc(OC)cc2)O[C@H]1n1cnc2c(OC(=O)N(c3ccccc3)c3ccccc3)nc(NC(=O)C(C)C)nc21. The Balaban J connectivity index is 1.20. The van der Waals surface area contributed by atoms with Crippen LogP contribution in [0, 0.1) is 5.92 Å². The van der Waals surface area contributed by atoms with Gasteiger partial charge in [0.25, 0.3) is 5.88 Å². The molecule has 5 aromatic carbocycles. The Hall–Kier alpha value is -7.66. The van der Waals surface area contributed by atoms with Crippen molar-refractivity contribution in [2.45, 2.75) is 63.8 Å². The number of para-hydroxylation sites is 2. The molecule has 7 aromatic rings. The van der Waals surface area contributed by atoms with Gasteiger partial charge in [-0.15, -0.1) is 0 Å². The molecule has 16 nitrogen and oxygen atoms in total. The summed E-state index contributed by atoms with van der Waals surface area (Å²) < 4.78 is 38.4. The molecular formula is C52H52N6O10. The number of hydrogen-bond donors (Lipinski definition) is 2. The minimum Gasteiger partial charge on any atom is -0.497 e. The number of aromatic nitrogens is 4. The molecule has 2 aromatic heterocycles. The summed E-state index contributed by atoms with van der Waals surface area (Å²) in [5.74, 6) is -0.629. The van der Waals surface area contributed by atoms with Crippen molar-refractivity contribution in [2.75, 3.05) is 31.0 Å². The van der Waals surface area contributed by atoms with Gasteiger partial charge in [0.05, 0.1) is 38.5 Å². The van der Waals surface area contributed by atoms with Gasteiger partial charge in [0.1, 0.15) is 29.3 Å². The van der Waals surface area contributed by atoms with E-state index in [-0.39, 0.29) is 36.0 Å². The van der Waals surface area contributed by atoms with Gasteiger partial charge < -0.3 is 33.5 Å². The van der Waals surface area contributed by atoms with Crippen LogP contribution >= 0.6 is 0 Å². The normalized spacial score (nSPS) is 16.9.